The van der Waals surface area contributed by atoms with Crippen LogP contribution in [0.15, 0.2) is 48.5 Å². The molecule has 28 heavy (non-hydrogen) atoms. The van der Waals surface area contributed by atoms with E-state index in [2.05, 4.69) is 22.3 Å². The lowest BCUT2D eigenvalue weighted by molar-refractivity contribution is -0.127. The number of para-hydroxylation sites is 2. The maximum atomic E-state index is 12.5. The first-order valence-corrected chi connectivity index (χ1v) is 9.61. The number of nitrogens with zero attached hydrogens (tertiary/aromatic N) is 1. The van der Waals surface area contributed by atoms with Crippen molar-refractivity contribution in [3.8, 4) is 11.5 Å². The molecule has 0 aromatic heterocycles. The number of hydrogen-bond donors (Lipinski definition) is 1. The largest absolute Gasteiger partial charge is 0.493 e. The van der Waals surface area contributed by atoms with Crippen LogP contribution >= 0.6 is 0 Å². The number of morpholine rings is 1. The van der Waals surface area contributed by atoms with Crippen molar-refractivity contribution in [1.82, 2.24) is 10.2 Å². The quantitative estimate of drug-likeness (QED) is 0.758. The fourth-order valence-corrected chi connectivity index (χ4v) is 3.17. The first kappa shape index (κ1) is 20.2. The summed E-state index contributed by atoms with van der Waals surface area (Å²) in [7, 11) is 1.58. The molecule has 150 valence electrons. The number of carbonyl (C=O) groups is 1. The molecule has 1 fully saturated rings. The van der Waals surface area contributed by atoms with Crippen LogP contribution in [0.3, 0.4) is 0 Å². The van der Waals surface area contributed by atoms with Gasteiger partial charge in [0.2, 0.25) is 0 Å². The summed E-state index contributed by atoms with van der Waals surface area (Å²) in [6.07, 6.45) is -0.622. The lowest BCUT2D eigenvalue weighted by Gasteiger charge is -2.27. The lowest BCUT2D eigenvalue weighted by atomic mass is 10.1. The topological polar surface area (TPSA) is 60.0 Å². The van der Waals surface area contributed by atoms with Gasteiger partial charge in [0.05, 0.1) is 20.3 Å². The maximum Gasteiger partial charge on any atom is 0.261 e. The average Bonchev–Trinajstić information content (AvgIpc) is 2.74. The molecule has 1 aliphatic heterocycles. The molecule has 2 aromatic rings. The Balaban J connectivity index is 1.56. The molecule has 6 nitrogen and oxygen atoms in total. The van der Waals surface area contributed by atoms with E-state index in [1.165, 1.54) is 5.56 Å². The molecule has 1 saturated heterocycles. The van der Waals surface area contributed by atoms with Crippen molar-refractivity contribution >= 4 is 5.91 Å². The fraction of sp³-hybridized carbons (Fsp3) is 0.409. The Hall–Kier alpha value is -2.57. The summed E-state index contributed by atoms with van der Waals surface area (Å²) in [5.41, 5.74) is 2.34. The number of ether oxygens (including phenoxy) is 3. The molecular formula is C22H28N2O4. The SMILES string of the molecule is COc1ccccc1O[C@H](C)C(=O)NCc1ccccc1CN1CCOCC1. The summed E-state index contributed by atoms with van der Waals surface area (Å²) in [4.78, 5) is 14.9. The molecule has 1 aliphatic rings. The van der Waals surface area contributed by atoms with Gasteiger partial charge in [-0.15, -0.1) is 0 Å². The molecule has 6 heteroatoms. The van der Waals surface area contributed by atoms with Gasteiger partial charge in [0, 0.05) is 26.2 Å². The summed E-state index contributed by atoms with van der Waals surface area (Å²) < 4.78 is 16.5. The van der Waals surface area contributed by atoms with Gasteiger partial charge in [-0.25, -0.2) is 0 Å². The van der Waals surface area contributed by atoms with Crippen LogP contribution in [0.2, 0.25) is 0 Å². The first-order valence-electron chi connectivity index (χ1n) is 9.61. The van der Waals surface area contributed by atoms with Crippen molar-refractivity contribution in [1.29, 1.82) is 0 Å². The van der Waals surface area contributed by atoms with E-state index in [1.807, 2.05) is 30.3 Å². The zero-order chi connectivity index (χ0) is 19.8. The van der Waals surface area contributed by atoms with Crippen molar-refractivity contribution in [3.05, 3.63) is 59.7 Å². The van der Waals surface area contributed by atoms with Gasteiger partial charge in [-0.05, 0) is 30.2 Å². The highest BCUT2D eigenvalue weighted by Crippen LogP contribution is 2.26. The third kappa shape index (κ3) is 5.47. The number of benzene rings is 2. The summed E-state index contributed by atoms with van der Waals surface area (Å²) >= 11 is 0. The highest BCUT2D eigenvalue weighted by atomic mass is 16.5. The van der Waals surface area contributed by atoms with Gasteiger partial charge in [-0.3, -0.25) is 9.69 Å². The van der Waals surface area contributed by atoms with E-state index in [0.29, 0.717) is 18.0 Å². The van der Waals surface area contributed by atoms with Crippen LogP contribution in [0.4, 0.5) is 0 Å². The van der Waals surface area contributed by atoms with Gasteiger partial charge in [-0.1, -0.05) is 36.4 Å². The highest BCUT2D eigenvalue weighted by Gasteiger charge is 2.17. The van der Waals surface area contributed by atoms with E-state index >= 15 is 0 Å². The van der Waals surface area contributed by atoms with Crippen LogP contribution in [-0.4, -0.2) is 50.3 Å². The first-order chi connectivity index (χ1) is 13.7. The minimum absolute atomic E-state index is 0.160. The lowest BCUT2D eigenvalue weighted by Crippen LogP contribution is -2.37. The third-order valence-corrected chi connectivity index (χ3v) is 4.81. The molecule has 0 spiro atoms. The highest BCUT2D eigenvalue weighted by molar-refractivity contribution is 5.80. The van der Waals surface area contributed by atoms with Gasteiger partial charge < -0.3 is 19.5 Å². The minimum atomic E-state index is -0.622. The predicted molar refractivity (Wildman–Crippen MR) is 107 cm³/mol. The average molecular weight is 384 g/mol. The molecule has 0 bridgehead atoms. The Morgan fingerprint density at radius 3 is 2.43 bits per heavy atom. The van der Waals surface area contributed by atoms with E-state index in [-0.39, 0.29) is 5.91 Å². The summed E-state index contributed by atoms with van der Waals surface area (Å²) in [6, 6.07) is 15.5. The number of carbonyl (C=O) groups excluding carboxylic acids is 1. The van der Waals surface area contributed by atoms with Crippen LogP contribution in [0.5, 0.6) is 11.5 Å². The van der Waals surface area contributed by atoms with E-state index < -0.39 is 6.10 Å². The Morgan fingerprint density at radius 1 is 1.07 bits per heavy atom. The molecule has 1 atom stereocenters. The number of hydrogen-bond acceptors (Lipinski definition) is 5. The van der Waals surface area contributed by atoms with E-state index in [1.54, 1.807) is 20.1 Å². The number of rotatable bonds is 8. The molecule has 0 aliphatic carbocycles. The van der Waals surface area contributed by atoms with Gasteiger partial charge in [0.25, 0.3) is 5.91 Å². The second-order valence-electron chi connectivity index (χ2n) is 6.79. The van der Waals surface area contributed by atoms with E-state index in [4.69, 9.17) is 14.2 Å². The van der Waals surface area contributed by atoms with Crippen LogP contribution in [0.25, 0.3) is 0 Å². The Bertz CT molecular complexity index is 775. The summed E-state index contributed by atoms with van der Waals surface area (Å²) in [5.74, 6) is 1.01. The number of amides is 1. The van der Waals surface area contributed by atoms with Crippen LogP contribution in [0.1, 0.15) is 18.1 Å². The molecule has 3 rings (SSSR count). The van der Waals surface area contributed by atoms with Crippen molar-refractivity contribution < 1.29 is 19.0 Å². The third-order valence-electron chi connectivity index (χ3n) is 4.81. The van der Waals surface area contributed by atoms with Crippen molar-refractivity contribution in [2.45, 2.75) is 26.1 Å². The normalized spacial score (nSPS) is 15.6. The molecule has 1 heterocycles. The zero-order valence-electron chi connectivity index (χ0n) is 16.5. The molecular weight excluding hydrogens is 356 g/mol. The fourth-order valence-electron chi connectivity index (χ4n) is 3.17. The number of methoxy groups -OCH3 is 1. The summed E-state index contributed by atoms with van der Waals surface area (Å²) in [5, 5.41) is 2.99. The zero-order valence-corrected chi connectivity index (χ0v) is 16.5. The minimum Gasteiger partial charge on any atom is -0.493 e. The maximum absolute atomic E-state index is 12.5. The Morgan fingerprint density at radius 2 is 1.71 bits per heavy atom. The van der Waals surface area contributed by atoms with Gasteiger partial charge in [0.1, 0.15) is 0 Å². The van der Waals surface area contributed by atoms with E-state index in [9.17, 15) is 4.79 Å². The summed E-state index contributed by atoms with van der Waals surface area (Å²) in [6.45, 7) is 6.49. The molecule has 0 radical (unpaired) electrons. The standard InChI is InChI=1S/C22H28N2O4/c1-17(28-21-10-6-5-9-20(21)26-2)22(25)23-15-18-7-3-4-8-19(18)16-24-11-13-27-14-12-24/h3-10,17H,11-16H2,1-2H3,(H,23,25)/t17-/m1/s1. The smallest absolute Gasteiger partial charge is 0.261 e. The Kier molecular flexibility index (Phi) is 7.28. The van der Waals surface area contributed by atoms with Gasteiger partial charge >= 0.3 is 0 Å². The Labute approximate surface area is 166 Å². The van der Waals surface area contributed by atoms with Gasteiger partial charge in [-0.2, -0.15) is 0 Å². The number of nitrogens with one attached hydrogen (secondary N) is 1. The molecule has 1 N–H and O–H groups in total. The second-order valence-corrected chi connectivity index (χ2v) is 6.79. The van der Waals surface area contributed by atoms with E-state index in [0.717, 1.165) is 38.4 Å². The molecule has 0 unspecified atom stereocenters. The van der Waals surface area contributed by atoms with Crippen LogP contribution in [0, 0.1) is 0 Å². The predicted octanol–water partition coefficient (Wildman–Crippen LogP) is 2.61. The molecule has 0 saturated carbocycles. The van der Waals surface area contributed by atoms with Crippen molar-refractivity contribution in [2.75, 3.05) is 33.4 Å². The van der Waals surface area contributed by atoms with Crippen LogP contribution in [-0.2, 0) is 22.6 Å². The van der Waals surface area contributed by atoms with Gasteiger partial charge in [0.15, 0.2) is 17.6 Å². The molecule has 1 amide bonds. The van der Waals surface area contributed by atoms with Crippen LogP contribution < -0.4 is 14.8 Å². The second kappa shape index (κ2) is 10.1. The monoisotopic (exact) mass is 384 g/mol. The molecule has 2 aromatic carbocycles. The van der Waals surface area contributed by atoms with Crippen molar-refractivity contribution in [3.63, 3.8) is 0 Å². The van der Waals surface area contributed by atoms with Crippen molar-refractivity contribution in [2.24, 2.45) is 0 Å².